The highest BCUT2D eigenvalue weighted by atomic mass is 19.1. The van der Waals surface area contributed by atoms with Crippen molar-refractivity contribution in [1.82, 2.24) is 15.0 Å². The summed E-state index contributed by atoms with van der Waals surface area (Å²) < 4.78 is 12.8. The predicted molar refractivity (Wildman–Crippen MR) is 74.9 cm³/mol. The molecule has 5 heteroatoms. The molecule has 3 aromatic rings. The molecule has 0 aliphatic carbocycles. The van der Waals surface area contributed by atoms with Crippen molar-refractivity contribution in [2.45, 2.75) is 0 Å². The molecule has 0 amide bonds. The van der Waals surface area contributed by atoms with Crippen LogP contribution in [-0.4, -0.2) is 15.0 Å². The molecular weight excluding hydrogens is 255 g/mol. The maximum absolute atomic E-state index is 12.8. The van der Waals surface area contributed by atoms with E-state index in [1.807, 2.05) is 18.2 Å². The molecule has 2 aromatic heterocycles. The minimum atomic E-state index is -0.277. The van der Waals surface area contributed by atoms with Gasteiger partial charge in [-0.15, -0.1) is 0 Å². The van der Waals surface area contributed by atoms with E-state index in [0.717, 1.165) is 16.9 Å². The minimum Gasteiger partial charge on any atom is -0.324 e. The molecule has 1 aromatic carbocycles. The van der Waals surface area contributed by atoms with Crippen molar-refractivity contribution in [3.63, 3.8) is 0 Å². The van der Waals surface area contributed by atoms with Crippen LogP contribution in [0.5, 0.6) is 0 Å². The lowest BCUT2D eigenvalue weighted by Crippen LogP contribution is -1.97. The van der Waals surface area contributed by atoms with E-state index < -0.39 is 0 Å². The molecule has 0 saturated carbocycles. The zero-order chi connectivity index (χ0) is 13.8. The van der Waals surface area contributed by atoms with Gasteiger partial charge in [0.1, 0.15) is 5.82 Å². The molecule has 4 nitrogen and oxygen atoms in total. The van der Waals surface area contributed by atoms with Crippen molar-refractivity contribution in [1.29, 1.82) is 0 Å². The smallest absolute Gasteiger partial charge is 0.227 e. The zero-order valence-corrected chi connectivity index (χ0v) is 10.5. The number of hydrogen-bond acceptors (Lipinski definition) is 4. The van der Waals surface area contributed by atoms with E-state index in [9.17, 15) is 4.39 Å². The molecule has 0 aliphatic heterocycles. The molecule has 0 bridgehead atoms. The summed E-state index contributed by atoms with van der Waals surface area (Å²) in [7, 11) is 0. The molecule has 0 radical (unpaired) electrons. The number of pyridine rings is 1. The first-order valence-corrected chi connectivity index (χ1v) is 6.07. The Bertz CT molecular complexity index is 699. The van der Waals surface area contributed by atoms with Gasteiger partial charge in [0.25, 0.3) is 0 Å². The molecule has 20 heavy (non-hydrogen) atoms. The fourth-order valence-corrected chi connectivity index (χ4v) is 1.76. The fraction of sp³-hybridized carbons (Fsp3) is 0. The molecule has 0 fully saturated rings. The van der Waals surface area contributed by atoms with Gasteiger partial charge in [-0.05, 0) is 42.5 Å². The normalized spacial score (nSPS) is 10.2. The number of rotatable bonds is 3. The SMILES string of the molecule is Fc1ccc(Nc2nccc(-c3cccnc3)n2)cc1. The third-order valence-electron chi connectivity index (χ3n) is 2.71. The quantitative estimate of drug-likeness (QED) is 0.789. The summed E-state index contributed by atoms with van der Waals surface area (Å²) in [5, 5.41) is 3.03. The summed E-state index contributed by atoms with van der Waals surface area (Å²) in [6.45, 7) is 0. The third-order valence-corrected chi connectivity index (χ3v) is 2.71. The molecule has 0 spiro atoms. The van der Waals surface area contributed by atoms with Gasteiger partial charge in [0.05, 0.1) is 5.69 Å². The Morgan fingerprint density at radius 1 is 0.950 bits per heavy atom. The molecule has 2 heterocycles. The Kier molecular flexibility index (Phi) is 3.33. The monoisotopic (exact) mass is 266 g/mol. The van der Waals surface area contributed by atoms with Crippen molar-refractivity contribution < 1.29 is 4.39 Å². The Morgan fingerprint density at radius 2 is 1.80 bits per heavy atom. The molecule has 1 N–H and O–H groups in total. The first kappa shape index (κ1) is 12.2. The third kappa shape index (κ3) is 2.77. The highest BCUT2D eigenvalue weighted by Gasteiger charge is 2.02. The van der Waals surface area contributed by atoms with Gasteiger partial charge in [0.2, 0.25) is 5.95 Å². The van der Waals surface area contributed by atoms with Crippen LogP contribution in [0.3, 0.4) is 0 Å². The van der Waals surface area contributed by atoms with Crippen LogP contribution in [0.4, 0.5) is 16.0 Å². The summed E-state index contributed by atoms with van der Waals surface area (Å²) in [4.78, 5) is 12.6. The van der Waals surface area contributed by atoms with Crippen molar-refractivity contribution in [2.75, 3.05) is 5.32 Å². The van der Waals surface area contributed by atoms with E-state index >= 15 is 0 Å². The first-order chi connectivity index (χ1) is 9.81. The second-order valence-corrected chi connectivity index (χ2v) is 4.14. The Hall–Kier alpha value is -2.82. The number of halogens is 1. The number of nitrogens with zero attached hydrogens (tertiary/aromatic N) is 3. The van der Waals surface area contributed by atoms with Crippen molar-refractivity contribution in [2.24, 2.45) is 0 Å². The van der Waals surface area contributed by atoms with E-state index in [2.05, 4.69) is 20.3 Å². The highest BCUT2D eigenvalue weighted by molar-refractivity contribution is 5.60. The second kappa shape index (κ2) is 5.44. The number of benzene rings is 1. The van der Waals surface area contributed by atoms with Crippen LogP contribution < -0.4 is 5.32 Å². The first-order valence-electron chi connectivity index (χ1n) is 6.07. The lowest BCUT2D eigenvalue weighted by Gasteiger charge is -2.06. The van der Waals surface area contributed by atoms with E-state index in [1.54, 1.807) is 30.7 Å². The Balaban J connectivity index is 1.86. The van der Waals surface area contributed by atoms with Gasteiger partial charge in [-0.2, -0.15) is 0 Å². The summed E-state index contributed by atoms with van der Waals surface area (Å²) >= 11 is 0. The zero-order valence-electron chi connectivity index (χ0n) is 10.5. The van der Waals surface area contributed by atoms with Crippen LogP contribution in [0.25, 0.3) is 11.3 Å². The number of nitrogens with one attached hydrogen (secondary N) is 1. The number of aromatic nitrogens is 3. The molecule has 3 rings (SSSR count). The van der Waals surface area contributed by atoms with Gasteiger partial charge < -0.3 is 5.32 Å². The van der Waals surface area contributed by atoms with Crippen LogP contribution in [0.15, 0.2) is 61.1 Å². The van der Waals surface area contributed by atoms with Gasteiger partial charge in [0.15, 0.2) is 0 Å². The van der Waals surface area contributed by atoms with Gasteiger partial charge in [0, 0.05) is 29.8 Å². The van der Waals surface area contributed by atoms with E-state index in [0.29, 0.717) is 5.95 Å². The van der Waals surface area contributed by atoms with E-state index in [-0.39, 0.29) is 5.82 Å². The summed E-state index contributed by atoms with van der Waals surface area (Å²) in [5.74, 6) is 0.179. The maximum Gasteiger partial charge on any atom is 0.227 e. The molecule has 0 atom stereocenters. The van der Waals surface area contributed by atoms with Gasteiger partial charge >= 0.3 is 0 Å². The topological polar surface area (TPSA) is 50.7 Å². The number of anilines is 2. The van der Waals surface area contributed by atoms with Gasteiger partial charge in [-0.25, -0.2) is 14.4 Å². The van der Waals surface area contributed by atoms with E-state index in [4.69, 9.17) is 0 Å². The van der Waals surface area contributed by atoms with Crippen LogP contribution in [0.2, 0.25) is 0 Å². The van der Waals surface area contributed by atoms with Gasteiger partial charge in [-0.1, -0.05) is 0 Å². The van der Waals surface area contributed by atoms with E-state index in [1.165, 1.54) is 12.1 Å². The molecule has 0 unspecified atom stereocenters. The molecule has 98 valence electrons. The maximum atomic E-state index is 12.8. The molecule has 0 saturated heterocycles. The summed E-state index contributed by atoms with van der Waals surface area (Å²) in [6, 6.07) is 11.6. The highest BCUT2D eigenvalue weighted by Crippen LogP contribution is 2.18. The Labute approximate surface area is 115 Å². The largest absolute Gasteiger partial charge is 0.324 e. The number of hydrogen-bond donors (Lipinski definition) is 1. The average molecular weight is 266 g/mol. The minimum absolute atomic E-state index is 0.277. The van der Waals surface area contributed by atoms with Crippen LogP contribution in [0.1, 0.15) is 0 Å². The Morgan fingerprint density at radius 3 is 2.55 bits per heavy atom. The predicted octanol–water partition coefficient (Wildman–Crippen LogP) is 3.42. The summed E-state index contributed by atoms with van der Waals surface area (Å²) in [5.41, 5.74) is 2.42. The lowest BCUT2D eigenvalue weighted by molar-refractivity contribution is 0.628. The fourth-order valence-electron chi connectivity index (χ4n) is 1.76. The van der Waals surface area contributed by atoms with Gasteiger partial charge in [-0.3, -0.25) is 4.98 Å². The van der Waals surface area contributed by atoms with Crippen molar-refractivity contribution in [3.8, 4) is 11.3 Å². The summed E-state index contributed by atoms with van der Waals surface area (Å²) in [6.07, 6.45) is 5.12. The lowest BCUT2D eigenvalue weighted by atomic mass is 10.2. The standard InChI is InChI=1S/C15H11FN4/c16-12-3-5-13(6-4-12)19-15-18-9-7-14(20-15)11-2-1-8-17-10-11/h1-10H,(H,18,19,20). The molecular formula is C15H11FN4. The van der Waals surface area contributed by atoms with Crippen LogP contribution in [0, 0.1) is 5.82 Å². The van der Waals surface area contributed by atoms with Crippen molar-refractivity contribution in [3.05, 3.63) is 66.9 Å². The van der Waals surface area contributed by atoms with Crippen molar-refractivity contribution >= 4 is 11.6 Å². The second-order valence-electron chi connectivity index (χ2n) is 4.14. The van der Waals surface area contributed by atoms with Crippen LogP contribution in [-0.2, 0) is 0 Å². The van der Waals surface area contributed by atoms with Crippen LogP contribution >= 0.6 is 0 Å². The molecule has 0 aliphatic rings. The average Bonchev–Trinajstić information content (AvgIpc) is 2.51.